The van der Waals surface area contributed by atoms with Crippen LogP contribution in [0.3, 0.4) is 0 Å². The highest BCUT2D eigenvalue weighted by Crippen LogP contribution is 2.19. The number of nitrogens with zero attached hydrogens (tertiary/aromatic N) is 1. The van der Waals surface area contributed by atoms with Crippen LogP contribution in [0.4, 0.5) is 0 Å². The van der Waals surface area contributed by atoms with Gasteiger partial charge in [-0.2, -0.15) is 0 Å². The number of nitrogens with one attached hydrogen (secondary N) is 5. The molecule has 248 valence electrons. The molecule has 11 N–H and O–H groups in total. The number of hydrogen-bond donors (Lipinski definition) is 9. The molecule has 1 saturated heterocycles. The molecule has 44 heavy (non-hydrogen) atoms. The van der Waals surface area contributed by atoms with Crippen molar-refractivity contribution < 1.29 is 48.6 Å². The van der Waals surface area contributed by atoms with Gasteiger partial charge in [-0.05, 0) is 32.1 Å². The number of carbonyl (C=O) groups is 8. The first-order valence-electron chi connectivity index (χ1n) is 14.2. The lowest BCUT2D eigenvalue weighted by Gasteiger charge is -2.28. The molecule has 0 aromatic carbocycles. The Balaban J connectivity index is 2.85. The van der Waals surface area contributed by atoms with E-state index < -0.39 is 96.3 Å². The average Bonchev–Trinajstić information content (AvgIpc) is 3.43. The van der Waals surface area contributed by atoms with E-state index in [2.05, 4.69) is 26.6 Å². The van der Waals surface area contributed by atoms with Crippen molar-refractivity contribution >= 4 is 47.3 Å². The lowest BCUT2D eigenvalue weighted by Crippen LogP contribution is -2.59. The molecule has 1 aliphatic rings. The van der Waals surface area contributed by atoms with E-state index in [1.807, 2.05) is 0 Å². The number of carboxylic acids is 1. The highest BCUT2D eigenvalue weighted by atomic mass is 16.4. The van der Waals surface area contributed by atoms with Crippen molar-refractivity contribution in [1.29, 1.82) is 0 Å². The zero-order chi connectivity index (χ0) is 33.6. The van der Waals surface area contributed by atoms with Crippen molar-refractivity contribution in [3.63, 3.8) is 0 Å². The maximum atomic E-state index is 13.0. The Hall–Kier alpha value is -4.32. The summed E-state index contributed by atoms with van der Waals surface area (Å²) in [6.45, 7) is 4.50. The summed E-state index contributed by atoms with van der Waals surface area (Å²) in [5.41, 5.74) is 10.9. The summed E-state index contributed by atoms with van der Waals surface area (Å²) >= 11 is 0. The Labute approximate surface area is 254 Å². The second-order valence-electron chi connectivity index (χ2n) is 10.7. The minimum absolute atomic E-state index is 0.107. The molecule has 0 aliphatic carbocycles. The molecule has 1 rings (SSSR count). The third-order valence-corrected chi connectivity index (χ3v) is 6.67. The van der Waals surface area contributed by atoms with Gasteiger partial charge >= 0.3 is 5.97 Å². The smallest absolute Gasteiger partial charge is 0.305 e. The zero-order valence-electron chi connectivity index (χ0n) is 25.1. The summed E-state index contributed by atoms with van der Waals surface area (Å²) in [6.07, 6.45) is -0.324. The number of carboxylic acid groups (broad SMARTS) is 1. The summed E-state index contributed by atoms with van der Waals surface area (Å²) in [6, 6.07) is -6.30. The predicted molar refractivity (Wildman–Crippen MR) is 153 cm³/mol. The van der Waals surface area contributed by atoms with Gasteiger partial charge in [-0.3, -0.25) is 38.4 Å². The van der Waals surface area contributed by atoms with E-state index in [9.17, 15) is 38.4 Å². The van der Waals surface area contributed by atoms with E-state index in [0.717, 1.165) is 4.90 Å². The first-order chi connectivity index (χ1) is 20.6. The van der Waals surface area contributed by atoms with Crippen LogP contribution < -0.4 is 38.1 Å². The highest BCUT2D eigenvalue weighted by molar-refractivity contribution is 5.98. The number of amides is 7. The Kier molecular flexibility index (Phi) is 15.7. The molecule has 18 nitrogen and oxygen atoms in total. The molecule has 1 aliphatic heterocycles. The fourth-order valence-electron chi connectivity index (χ4n) is 4.31. The number of aliphatic carboxylic acids is 1. The summed E-state index contributed by atoms with van der Waals surface area (Å²) < 4.78 is 0. The monoisotopic (exact) mass is 628 g/mol. The SMILES string of the molecule is CC(C)[C@H](NC(=O)[C@H](C)NC(=O)[C@H](CC(N)=O)NC(=O)[C@@H]1CCCN1C(=O)[C@@H](N)CC(=O)O)C(=O)NCC(=O)NCCCO. The second-order valence-corrected chi connectivity index (χ2v) is 10.7. The van der Waals surface area contributed by atoms with Crippen LogP contribution in [0.1, 0.15) is 52.9 Å². The van der Waals surface area contributed by atoms with Gasteiger partial charge < -0.3 is 53.2 Å². The van der Waals surface area contributed by atoms with Crippen molar-refractivity contribution in [2.75, 3.05) is 26.2 Å². The van der Waals surface area contributed by atoms with E-state index in [4.69, 9.17) is 21.7 Å². The first-order valence-corrected chi connectivity index (χ1v) is 14.2. The van der Waals surface area contributed by atoms with Crippen LogP contribution in [-0.2, 0) is 38.4 Å². The van der Waals surface area contributed by atoms with E-state index in [-0.39, 0.29) is 32.7 Å². The molecule has 1 fully saturated rings. The normalized spacial score (nSPS) is 17.0. The highest BCUT2D eigenvalue weighted by Gasteiger charge is 2.38. The Morgan fingerprint density at radius 1 is 0.909 bits per heavy atom. The summed E-state index contributed by atoms with van der Waals surface area (Å²) in [4.78, 5) is 99.7. The third-order valence-electron chi connectivity index (χ3n) is 6.67. The van der Waals surface area contributed by atoms with Gasteiger partial charge in [0, 0.05) is 19.7 Å². The standard InChI is InChI=1S/C26H44N8O10/c1-13(2)21(25(43)30-12-19(37)29-7-5-9-35)33-22(40)14(3)31-23(41)16(11-18(28)36)32-24(42)17-6-4-8-34(17)26(44)15(27)10-20(38)39/h13-17,21,35H,4-12,27H2,1-3H3,(H2,28,36)(H,29,37)(H,30,43)(H,31,41)(H,32,42)(H,33,40)(H,38,39)/t14-,15-,16-,17-,21-/m0/s1. The molecule has 1 heterocycles. The van der Waals surface area contributed by atoms with Gasteiger partial charge in [0.1, 0.15) is 24.2 Å². The van der Waals surface area contributed by atoms with Gasteiger partial charge in [0.2, 0.25) is 41.4 Å². The molecule has 5 atom stereocenters. The molecule has 7 amide bonds. The fraction of sp³-hybridized carbons (Fsp3) is 0.692. The maximum Gasteiger partial charge on any atom is 0.305 e. The number of likely N-dealkylation sites (tertiary alicyclic amines) is 1. The molecule has 0 unspecified atom stereocenters. The second kappa shape index (κ2) is 18.4. The lowest BCUT2D eigenvalue weighted by atomic mass is 10.0. The average molecular weight is 629 g/mol. The van der Waals surface area contributed by atoms with Gasteiger partial charge in [-0.1, -0.05) is 13.8 Å². The van der Waals surface area contributed by atoms with Crippen molar-refractivity contribution in [2.24, 2.45) is 17.4 Å². The predicted octanol–water partition coefficient (Wildman–Crippen LogP) is -4.60. The Morgan fingerprint density at radius 2 is 1.57 bits per heavy atom. The molecule has 0 aromatic rings. The van der Waals surface area contributed by atoms with Gasteiger partial charge in [-0.25, -0.2) is 0 Å². The van der Waals surface area contributed by atoms with Crippen LogP contribution in [-0.4, -0.2) is 119 Å². The molecular weight excluding hydrogens is 584 g/mol. The van der Waals surface area contributed by atoms with Crippen LogP contribution in [0.2, 0.25) is 0 Å². The molecule has 0 aromatic heterocycles. The van der Waals surface area contributed by atoms with E-state index in [1.165, 1.54) is 6.92 Å². The minimum atomic E-state index is -1.52. The number of aliphatic hydroxyl groups excluding tert-OH is 1. The van der Waals surface area contributed by atoms with Gasteiger partial charge in [0.05, 0.1) is 25.4 Å². The van der Waals surface area contributed by atoms with Crippen molar-refractivity contribution in [2.45, 2.75) is 83.1 Å². The van der Waals surface area contributed by atoms with Crippen molar-refractivity contribution in [1.82, 2.24) is 31.5 Å². The van der Waals surface area contributed by atoms with Gasteiger partial charge in [0.15, 0.2) is 0 Å². The number of hydrogen-bond acceptors (Lipinski definition) is 10. The van der Waals surface area contributed by atoms with Crippen LogP contribution in [0.25, 0.3) is 0 Å². The van der Waals surface area contributed by atoms with E-state index >= 15 is 0 Å². The topological polar surface area (TPSA) is 292 Å². The summed E-state index contributed by atoms with van der Waals surface area (Å²) in [7, 11) is 0. The minimum Gasteiger partial charge on any atom is -0.481 e. The van der Waals surface area contributed by atoms with Crippen molar-refractivity contribution in [3.8, 4) is 0 Å². The number of carbonyl (C=O) groups excluding carboxylic acids is 7. The summed E-state index contributed by atoms with van der Waals surface area (Å²) in [5.74, 6) is -7.05. The molecule has 0 radical (unpaired) electrons. The largest absolute Gasteiger partial charge is 0.481 e. The first kappa shape index (κ1) is 37.7. The lowest BCUT2D eigenvalue weighted by molar-refractivity contribution is -0.144. The van der Waals surface area contributed by atoms with Crippen LogP contribution in [0, 0.1) is 5.92 Å². The van der Waals surface area contributed by atoms with E-state index in [1.54, 1.807) is 13.8 Å². The molecule has 0 saturated carbocycles. The molecule has 0 bridgehead atoms. The number of primary amides is 1. The maximum absolute atomic E-state index is 13.0. The number of aliphatic hydroxyl groups is 1. The van der Waals surface area contributed by atoms with E-state index in [0.29, 0.717) is 12.8 Å². The number of nitrogens with two attached hydrogens (primary N) is 2. The zero-order valence-corrected chi connectivity index (χ0v) is 25.1. The molecule has 0 spiro atoms. The quantitative estimate of drug-likeness (QED) is 0.0651. The van der Waals surface area contributed by atoms with Crippen molar-refractivity contribution in [3.05, 3.63) is 0 Å². The molecule has 18 heteroatoms. The Bertz CT molecular complexity index is 1090. The number of rotatable bonds is 18. The summed E-state index contributed by atoms with van der Waals surface area (Å²) in [5, 5.41) is 29.8. The van der Waals surface area contributed by atoms with Crippen LogP contribution in [0.15, 0.2) is 0 Å². The van der Waals surface area contributed by atoms with Crippen LogP contribution in [0.5, 0.6) is 0 Å². The van der Waals surface area contributed by atoms with Gasteiger partial charge in [0.25, 0.3) is 0 Å². The van der Waals surface area contributed by atoms with Crippen LogP contribution >= 0.6 is 0 Å². The van der Waals surface area contributed by atoms with Gasteiger partial charge in [-0.15, -0.1) is 0 Å². The third kappa shape index (κ3) is 12.5. The fourth-order valence-corrected chi connectivity index (χ4v) is 4.31. The molecular formula is C26H44N8O10. The Morgan fingerprint density at radius 3 is 2.14 bits per heavy atom.